The highest BCUT2D eigenvalue weighted by Gasteiger charge is 2.30. The van der Waals surface area contributed by atoms with Crippen molar-refractivity contribution < 1.29 is 9.53 Å². The van der Waals surface area contributed by atoms with Crippen molar-refractivity contribution in [3.63, 3.8) is 0 Å². The smallest absolute Gasteiger partial charge is 0.363 e. The maximum absolute atomic E-state index is 11.8. The molecule has 98 valence electrons. The third-order valence-electron chi connectivity index (χ3n) is 3.49. The van der Waals surface area contributed by atoms with Crippen molar-refractivity contribution in [3.8, 4) is 0 Å². The molecule has 1 aromatic rings. The van der Waals surface area contributed by atoms with Gasteiger partial charge in [0.25, 0.3) is 0 Å². The fourth-order valence-corrected chi connectivity index (χ4v) is 2.94. The summed E-state index contributed by atoms with van der Waals surface area (Å²) < 4.78 is 6.27. The number of aliphatic imine (C=N–C) groups is 1. The molecule has 0 bridgehead atoms. The van der Waals surface area contributed by atoms with Gasteiger partial charge in [0.05, 0.1) is 0 Å². The molecular weight excluding hydrogens is 306 g/mol. The molecule has 0 unspecified atom stereocenters. The summed E-state index contributed by atoms with van der Waals surface area (Å²) in [6.45, 7) is 0. The van der Waals surface area contributed by atoms with Gasteiger partial charge < -0.3 is 4.74 Å². The zero-order valence-corrected chi connectivity index (χ0v) is 12.0. The monoisotopic (exact) mass is 319 g/mol. The minimum atomic E-state index is -0.332. The molecule has 1 fully saturated rings. The van der Waals surface area contributed by atoms with E-state index >= 15 is 0 Å². The van der Waals surface area contributed by atoms with Crippen molar-refractivity contribution in [3.05, 3.63) is 40.0 Å². The maximum atomic E-state index is 11.8. The third kappa shape index (κ3) is 2.78. The lowest BCUT2D eigenvalue weighted by atomic mass is 10.1. The Hall–Kier alpha value is -1.42. The molecule has 0 spiro atoms. The van der Waals surface area contributed by atoms with Crippen molar-refractivity contribution in [2.45, 2.75) is 25.7 Å². The van der Waals surface area contributed by atoms with Crippen LogP contribution in [0.5, 0.6) is 0 Å². The van der Waals surface area contributed by atoms with E-state index in [9.17, 15) is 4.79 Å². The highest BCUT2D eigenvalue weighted by molar-refractivity contribution is 9.10. The molecule has 1 aromatic carbocycles. The number of carbonyl (C=O) groups is 1. The molecule has 3 rings (SSSR count). The average Bonchev–Trinajstić information content (AvgIpc) is 3.00. The van der Waals surface area contributed by atoms with E-state index in [2.05, 4.69) is 20.9 Å². The summed E-state index contributed by atoms with van der Waals surface area (Å²) in [6, 6.07) is 7.76. The van der Waals surface area contributed by atoms with Crippen LogP contribution in [-0.4, -0.2) is 11.9 Å². The fourth-order valence-electron chi connectivity index (χ4n) is 2.53. The number of rotatable bonds is 2. The number of esters is 1. The SMILES string of the molecule is O=C1OC(C2CCCC2)=N/C1=C/c1cccc(Br)c1. The van der Waals surface area contributed by atoms with E-state index in [4.69, 9.17) is 4.74 Å². The fraction of sp³-hybridized carbons (Fsp3) is 0.333. The molecule has 1 heterocycles. The standard InChI is InChI=1S/C15H14BrNO2/c16-12-7-3-4-10(8-12)9-13-15(18)19-14(17-13)11-5-1-2-6-11/h3-4,7-9,11H,1-2,5-6H2/b13-9+. The van der Waals surface area contributed by atoms with Crippen molar-refractivity contribution in [2.24, 2.45) is 10.9 Å². The van der Waals surface area contributed by atoms with Crippen LogP contribution < -0.4 is 0 Å². The molecule has 1 aliphatic carbocycles. The van der Waals surface area contributed by atoms with Crippen LogP contribution in [0.15, 0.2) is 39.4 Å². The predicted molar refractivity (Wildman–Crippen MR) is 77.6 cm³/mol. The molecule has 0 aromatic heterocycles. The Kier molecular flexibility index (Phi) is 3.51. The quantitative estimate of drug-likeness (QED) is 0.612. The van der Waals surface area contributed by atoms with Crippen LogP contribution in [0.4, 0.5) is 0 Å². The van der Waals surface area contributed by atoms with Gasteiger partial charge in [-0.25, -0.2) is 9.79 Å². The Bertz CT molecular complexity index is 571. The van der Waals surface area contributed by atoms with Crippen LogP contribution >= 0.6 is 15.9 Å². The van der Waals surface area contributed by atoms with Gasteiger partial charge in [-0.1, -0.05) is 40.9 Å². The van der Waals surface area contributed by atoms with E-state index in [1.54, 1.807) is 6.08 Å². The number of ether oxygens (including phenoxy) is 1. The molecule has 3 nitrogen and oxygen atoms in total. The molecule has 0 saturated heterocycles. The first kappa shape index (κ1) is 12.6. The maximum Gasteiger partial charge on any atom is 0.363 e. The van der Waals surface area contributed by atoms with E-state index in [0.717, 1.165) is 22.9 Å². The lowest BCUT2D eigenvalue weighted by molar-refractivity contribution is -0.130. The Morgan fingerprint density at radius 1 is 1.32 bits per heavy atom. The molecular formula is C15H14BrNO2. The van der Waals surface area contributed by atoms with Gasteiger partial charge >= 0.3 is 5.97 Å². The number of carbonyl (C=O) groups excluding carboxylic acids is 1. The Balaban J connectivity index is 1.85. The van der Waals surface area contributed by atoms with Crippen molar-refractivity contribution in [1.82, 2.24) is 0 Å². The number of halogens is 1. The minimum absolute atomic E-state index is 0.331. The van der Waals surface area contributed by atoms with Crippen LogP contribution in [0, 0.1) is 5.92 Å². The third-order valence-corrected chi connectivity index (χ3v) is 3.99. The van der Waals surface area contributed by atoms with Crippen LogP contribution in [0.25, 0.3) is 6.08 Å². The summed E-state index contributed by atoms with van der Waals surface area (Å²) in [5.41, 5.74) is 1.35. The van der Waals surface area contributed by atoms with Gasteiger partial charge in [-0.2, -0.15) is 0 Å². The largest absolute Gasteiger partial charge is 0.406 e. The van der Waals surface area contributed by atoms with E-state index in [0.29, 0.717) is 17.5 Å². The van der Waals surface area contributed by atoms with Gasteiger partial charge in [-0.05, 0) is 36.6 Å². The molecule has 0 radical (unpaired) electrons. The van der Waals surface area contributed by atoms with Crippen LogP contribution in [-0.2, 0) is 9.53 Å². The minimum Gasteiger partial charge on any atom is -0.406 e. The van der Waals surface area contributed by atoms with Gasteiger partial charge in [0, 0.05) is 10.4 Å². The summed E-state index contributed by atoms with van der Waals surface area (Å²) in [5.74, 6) is 0.614. The summed E-state index contributed by atoms with van der Waals surface area (Å²) in [7, 11) is 0. The number of cyclic esters (lactones) is 1. The average molecular weight is 320 g/mol. The Morgan fingerprint density at radius 3 is 2.84 bits per heavy atom. The van der Waals surface area contributed by atoms with Crippen molar-refractivity contribution >= 4 is 33.9 Å². The first-order valence-electron chi connectivity index (χ1n) is 6.50. The molecule has 1 aliphatic heterocycles. The second-order valence-electron chi connectivity index (χ2n) is 4.91. The Labute approximate surface area is 120 Å². The van der Waals surface area contributed by atoms with Crippen LogP contribution in [0.2, 0.25) is 0 Å². The number of hydrogen-bond donors (Lipinski definition) is 0. The van der Waals surface area contributed by atoms with E-state index < -0.39 is 0 Å². The van der Waals surface area contributed by atoms with E-state index in [-0.39, 0.29) is 5.97 Å². The van der Waals surface area contributed by atoms with Crippen LogP contribution in [0.1, 0.15) is 31.2 Å². The summed E-state index contributed by atoms with van der Waals surface area (Å²) in [6.07, 6.45) is 6.33. The predicted octanol–water partition coefficient (Wildman–Crippen LogP) is 3.94. The zero-order chi connectivity index (χ0) is 13.2. The highest BCUT2D eigenvalue weighted by Crippen LogP contribution is 2.30. The van der Waals surface area contributed by atoms with Gasteiger partial charge in [-0.15, -0.1) is 0 Å². The summed E-state index contributed by atoms with van der Waals surface area (Å²) in [4.78, 5) is 16.2. The van der Waals surface area contributed by atoms with Gasteiger partial charge in [0.15, 0.2) is 5.70 Å². The molecule has 0 atom stereocenters. The number of nitrogens with zero attached hydrogens (tertiary/aromatic N) is 1. The second kappa shape index (κ2) is 5.29. The molecule has 0 N–H and O–H groups in total. The topological polar surface area (TPSA) is 38.7 Å². The van der Waals surface area contributed by atoms with E-state index in [1.165, 1.54) is 12.8 Å². The van der Waals surface area contributed by atoms with Crippen molar-refractivity contribution in [1.29, 1.82) is 0 Å². The van der Waals surface area contributed by atoms with Gasteiger partial charge in [-0.3, -0.25) is 0 Å². The first-order valence-corrected chi connectivity index (χ1v) is 7.30. The lowest BCUT2D eigenvalue weighted by Gasteiger charge is -2.05. The second-order valence-corrected chi connectivity index (χ2v) is 5.82. The molecule has 0 amide bonds. The highest BCUT2D eigenvalue weighted by atomic mass is 79.9. The first-order chi connectivity index (χ1) is 9.22. The van der Waals surface area contributed by atoms with E-state index in [1.807, 2.05) is 24.3 Å². The normalized spacial score (nSPS) is 21.8. The van der Waals surface area contributed by atoms with Gasteiger partial charge in [0.2, 0.25) is 5.90 Å². The van der Waals surface area contributed by atoms with Crippen LogP contribution in [0.3, 0.4) is 0 Å². The molecule has 2 aliphatic rings. The zero-order valence-electron chi connectivity index (χ0n) is 10.4. The Morgan fingerprint density at radius 2 is 2.11 bits per heavy atom. The van der Waals surface area contributed by atoms with Crippen molar-refractivity contribution in [2.75, 3.05) is 0 Å². The summed E-state index contributed by atoms with van der Waals surface area (Å²) in [5, 5.41) is 0. The number of hydrogen-bond acceptors (Lipinski definition) is 3. The lowest BCUT2D eigenvalue weighted by Crippen LogP contribution is -2.12. The number of benzene rings is 1. The molecule has 4 heteroatoms. The molecule has 19 heavy (non-hydrogen) atoms. The summed E-state index contributed by atoms with van der Waals surface area (Å²) >= 11 is 3.41. The molecule has 1 saturated carbocycles. The van der Waals surface area contributed by atoms with Gasteiger partial charge in [0.1, 0.15) is 0 Å².